The normalized spacial score (nSPS) is 19.6. The largest absolute Gasteiger partial charge is 0.507 e. The summed E-state index contributed by atoms with van der Waals surface area (Å²) in [6, 6.07) is 1.63. The summed E-state index contributed by atoms with van der Waals surface area (Å²) in [5.41, 5.74) is 1.09. The minimum atomic E-state index is -0.751. The second-order valence-corrected chi connectivity index (χ2v) is 4.88. The van der Waals surface area contributed by atoms with Crippen molar-refractivity contribution in [1.29, 1.82) is 0 Å². The molecule has 5 heteroatoms. The third-order valence-electron chi connectivity index (χ3n) is 3.66. The van der Waals surface area contributed by atoms with Crippen molar-refractivity contribution in [3.8, 4) is 11.5 Å². The van der Waals surface area contributed by atoms with E-state index in [-0.39, 0.29) is 23.5 Å². The number of carbonyl (C=O) groups is 1. The molecule has 0 bridgehead atoms. The van der Waals surface area contributed by atoms with Crippen molar-refractivity contribution in [3.05, 3.63) is 22.8 Å². The maximum Gasteiger partial charge on any atom is 0.167 e. The first-order valence-corrected chi connectivity index (χ1v) is 6.77. The number of ketones is 1. The summed E-state index contributed by atoms with van der Waals surface area (Å²) in [5.74, 6) is 0.135. The SMILES string of the molecule is CCOC(C)c1c(OC)cc2c(c1O)C(=O)CCC2O. The van der Waals surface area contributed by atoms with Gasteiger partial charge in [0, 0.05) is 13.0 Å². The molecule has 1 aliphatic carbocycles. The Morgan fingerprint density at radius 1 is 1.50 bits per heavy atom. The van der Waals surface area contributed by atoms with Crippen LogP contribution in [0.5, 0.6) is 11.5 Å². The molecule has 1 aromatic rings. The van der Waals surface area contributed by atoms with Gasteiger partial charge in [-0.3, -0.25) is 4.79 Å². The maximum absolute atomic E-state index is 12.0. The summed E-state index contributed by atoms with van der Waals surface area (Å²) in [6.45, 7) is 4.13. The number of phenolic OH excluding ortho intramolecular Hbond substituents is 1. The van der Waals surface area contributed by atoms with Crippen LogP contribution in [0.15, 0.2) is 6.07 Å². The molecule has 0 spiro atoms. The molecule has 2 atom stereocenters. The molecule has 0 aliphatic heterocycles. The van der Waals surface area contributed by atoms with E-state index in [9.17, 15) is 15.0 Å². The Morgan fingerprint density at radius 2 is 2.20 bits per heavy atom. The Balaban J connectivity index is 2.63. The zero-order chi connectivity index (χ0) is 14.9. The molecule has 20 heavy (non-hydrogen) atoms. The summed E-state index contributed by atoms with van der Waals surface area (Å²) >= 11 is 0. The van der Waals surface area contributed by atoms with E-state index in [1.54, 1.807) is 13.0 Å². The van der Waals surface area contributed by atoms with Crippen LogP contribution in [-0.2, 0) is 4.74 Å². The lowest BCUT2D eigenvalue weighted by Gasteiger charge is -2.26. The van der Waals surface area contributed by atoms with Gasteiger partial charge in [0.15, 0.2) is 5.78 Å². The van der Waals surface area contributed by atoms with Crippen LogP contribution in [0, 0.1) is 0 Å². The van der Waals surface area contributed by atoms with Crippen LogP contribution in [0.4, 0.5) is 0 Å². The number of hydrogen-bond donors (Lipinski definition) is 2. The third-order valence-corrected chi connectivity index (χ3v) is 3.66. The number of methoxy groups -OCH3 is 1. The molecule has 0 saturated carbocycles. The fourth-order valence-corrected chi connectivity index (χ4v) is 2.68. The highest BCUT2D eigenvalue weighted by Crippen LogP contribution is 2.44. The molecule has 0 amide bonds. The predicted octanol–water partition coefficient (Wildman–Crippen LogP) is 2.51. The average Bonchev–Trinajstić information content (AvgIpc) is 2.42. The van der Waals surface area contributed by atoms with E-state index < -0.39 is 12.2 Å². The molecule has 0 radical (unpaired) electrons. The number of rotatable bonds is 4. The highest BCUT2D eigenvalue weighted by molar-refractivity contribution is 6.02. The van der Waals surface area contributed by atoms with Crippen LogP contribution in [0.3, 0.4) is 0 Å². The van der Waals surface area contributed by atoms with Gasteiger partial charge >= 0.3 is 0 Å². The average molecular weight is 280 g/mol. The Labute approximate surface area is 118 Å². The quantitative estimate of drug-likeness (QED) is 0.886. The number of Topliss-reactive ketones (excluding diaryl/α,β-unsaturated/α-hetero) is 1. The highest BCUT2D eigenvalue weighted by atomic mass is 16.5. The number of phenols is 1. The van der Waals surface area contributed by atoms with E-state index in [0.29, 0.717) is 29.9 Å². The molecule has 1 aliphatic rings. The molecular weight excluding hydrogens is 260 g/mol. The molecule has 1 aromatic carbocycles. The molecule has 5 nitrogen and oxygen atoms in total. The van der Waals surface area contributed by atoms with Crippen LogP contribution in [-0.4, -0.2) is 29.7 Å². The summed E-state index contributed by atoms with van der Waals surface area (Å²) in [4.78, 5) is 12.0. The number of carbonyl (C=O) groups excluding carboxylic acids is 1. The standard InChI is InChI=1S/C15H20O5/c1-4-20-8(2)13-12(19-3)7-9-10(16)5-6-11(17)14(9)15(13)18/h7-8,10,16,18H,4-6H2,1-3H3. The van der Waals surface area contributed by atoms with Gasteiger partial charge in [-0.2, -0.15) is 0 Å². The molecule has 0 saturated heterocycles. The van der Waals surface area contributed by atoms with E-state index in [0.717, 1.165) is 0 Å². The Kier molecular flexibility index (Phi) is 4.30. The molecule has 2 N–H and O–H groups in total. The van der Waals surface area contributed by atoms with Crippen LogP contribution in [0.1, 0.15) is 60.4 Å². The van der Waals surface area contributed by atoms with Gasteiger partial charge in [0.25, 0.3) is 0 Å². The number of aliphatic hydroxyl groups is 1. The number of benzene rings is 1. The number of aromatic hydroxyl groups is 1. The smallest absolute Gasteiger partial charge is 0.167 e. The Bertz CT molecular complexity index is 523. The fraction of sp³-hybridized carbons (Fsp3) is 0.533. The lowest BCUT2D eigenvalue weighted by molar-refractivity contribution is 0.0718. The van der Waals surface area contributed by atoms with Gasteiger partial charge in [0.1, 0.15) is 11.5 Å². The maximum atomic E-state index is 12.0. The highest BCUT2D eigenvalue weighted by Gasteiger charge is 2.32. The zero-order valence-electron chi connectivity index (χ0n) is 12.0. The van der Waals surface area contributed by atoms with E-state index in [2.05, 4.69) is 0 Å². The molecule has 110 valence electrons. The van der Waals surface area contributed by atoms with E-state index in [1.165, 1.54) is 7.11 Å². The monoisotopic (exact) mass is 280 g/mol. The van der Waals surface area contributed by atoms with Gasteiger partial charge < -0.3 is 19.7 Å². The minimum Gasteiger partial charge on any atom is -0.507 e. The Morgan fingerprint density at radius 3 is 2.80 bits per heavy atom. The van der Waals surface area contributed by atoms with Crippen molar-refractivity contribution in [2.75, 3.05) is 13.7 Å². The summed E-state index contributed by atoms with van der Waals surface area (Å²) in [5, 5.41) is 20.4. The topological polar surface area (TPSA) is 76.0 Å². The number of hydrogen-bond acceptors (Lipinski definition) is 5. The van der Waals surface area contributed by atoms with E-state index in [1.807, 2.05) is 6.92 Å². The van der Waals surface area contributed by atoms with Crippen LogP contribution < -0.4 is 4.74 Å². The molecule has 2 rings (SSSR count). The lowest BCUT2D eigenvalue weighted by atomic mass is 9.85. The zero-order valence-corrected chi connectivity index (χ0v) is 12.0. The predicted molar refractivity (Wildman–Crippen MR) is 73.2 cm³/mol. The van der Waals surface area contributed by atoms with Crippen molar-refractivity contribution < 1.29 is 24.5 Å². The van der Waals surface area contributed by atoms with Gasteiger partial charge in [-0.15, -0.1) is 0 Å². The van der Waals surface area contributed by atoms with Crippen LogP contribution >= 0.6 is 0 Å². The first kappa shape index (κ1) is 14.8. The molecule has 0 fully saturated rings. The lowest BCUT2D eigenvalue weighted by Crippen LogP contribution is -2.17. The van der Waals surface area contributed by atoms with Crippen molar-refractivity contribution in [2.45, 2.75) is 38.9 Å². The second-order valence-electron chi connectivity index (χ2n) is 4.88. The number of fused-ring (bicyclic) bond motifs is 1. The Hall–Kier alpha value is -1.59. The van der Waals surface area contributed by atoms with Gasteiger partial charge in [-0.1, -0.05) is 0 Å². The summed E-state index contributed by atoms with van der Waals surface area (Å²) in [6.07, 6.45) is -0.545. The second kappa shape index (κ2) is 5.81. The van der Waals surface area contributed by atoms with Gasteiger partial charge in [0.2, 0.25) is 0 Å². The number of ether oxygens (including phenoxy) is 2. The first-order valence-electron chi connectivity index (χ1n) is 6.77. The van der Waals surface area contributed by atoms with E-state index in [4.69, 9.17) is 9.47 Å². The summed E-state index contributed by atoms with van der Waals surface area (Å²) in [7, 11) is 1.49. The van der Waals surface area contributed by atoms with Gasteiger partial charge in [0.05, 0.1) is 30.4 Å². The molecule has 0 heterocycles. The fourth-order valence-electron chi connectivity index (χ4n) is 2.68. The van der Waals surface area contributed by atoms with E-state index >= 15 is 0 Å². The first-order chi connectivity index (χ1) is 9.51. The molecule has 0 aromatic heterocycles. The van der Waals surface area contributed by atoms with Gasteiger partial charge in [-0.25, -0.2) is 0 Å². The van der Waals surface area contributed by atoms with Gasteiger partial charge in [-0.05, 0) is 31.9 Å². The van der Waals surface area contributed by atoms with Crippen molar-refractivity contribution >= 4 is 5.78 Å². The van der Waals surface area contributed by atoms with Crippen molar-refractivity contribution in [2.24, 2.45) is 0 Å². The molecular formula is C15H20O5. The number of aliphatic hydroxyl groups excluding tert-OH is 1. The third kappa shape index (κ3) is 2.39. The van der Waals surface area contributed by atoms with Crippen LogP contribution in [0.2, 0.25) is 0 Å². The minimum absolute atomic E-state index is 0.135. The van der Waals surface area contributed by atoms with Crippen LogP contribution in [0.25, 0.3) is 0 Å². The van der Waals surface area contributed by atoms with Crippen molar-refractivity contribution in [1.82, 2.24) is 0 Å². The summed E-state index contributed by atoms with van der Waals surface area (Å²) < 4.78 is 10.8. The van der Waals surface area contributed by atoms with Crippen molar-refractivity contribution in [3.63, 3.8) is 0 Å². The molecule has 2 unspecified atom stereocenters.